The molecule has 2 heterocycles. The minimum Gasteiger partial charge on any atom is -0.384 e. The summed E-state index contributed by atoms with van der Waals surface area (Å²) in [5, 5.41) is 12.1. The van der Waals surface area contributed by atoms with Gasteiger partial charge in [-0.25, -0.2) is 0 Å². The van der Waals surface area contributed by atoms with E-state index in [9.17, 15) is 0 Å². The summed E-state index contributed by atoms with van der Waals surface area (Å²) in [4.78, 5) is 2.24. The fraction of sp³-hybridized carbons (Fsp3) is 0.692. The van der Waals surface area contributed by atoms with Crippen molar-refractivity contribution in [2.45, 2.75) is 32.8 Å². The summed E-state index contributed by atoms with van der Waals surface area (Å²) in [6.45, 7) is 6.46. The molecule has 106 valence electrons. The second-order valence-electron chi connectivity index (χ2n) is 4.99. The maximum Gasteiger partial charge on any atom is 0.137 e. The Balaban J connectivity index is 2.28. The molecule has 1 saturated heterocycles. The van der Waals surface area contributed by atoms with Crippen LogP contribution in [0, 0.1) is 12.3 Å². The van der Waals surface area contributed by atoms with E-state index in [1.54, 1.807) is 0 Å². The van der Waals surface area contributed by atoms with Gasteiger partial charge in [-0.2, -0.15) is 5.10 Å². The van der Waals surface area contributed by atoms with Gasteiger partial charge in [0.05, 0.1) is 17.4 Å². The van der Waals surface area contributed by atoms with Crippen molar-refractivity contribution in [3.05, 3.63) is 11.3 Å². The predicted molar refractivity (Wildman–Crippen MR) is 75.8 cm³/mol. The van der Waals surface area contributed by atoms with E-state index in [0.717, 1.165) is 49.6 Å². The molecule has 1 unspecified atom stereocenters. The zero-order chi connectivity index (χ0) is 14.0. The van der Waals surface area contributed by atoms with Crippen molar-refractivity contribution in [2.75, 3.05) is 24.6 Å². The van der Waals surface area contributed by atoms with Crippen molar-refractivity contribution in [3.63, 3.8) is 0 Å². The lowest BCUT2D eigenvalue weighted by atomic mass is 10.1. The second-order valence-corrected chi connectivity index (χ2v) is 4.99. The molecule has 0 bridgehead atoms. The summed E-state index contributed by atoms with van der Waals surface area (Å²) in [5.74, 6) is 1.02. The SMILES string of the molecule is CCOC1CCCN(c2c(C(=N)N)c(C)nn2C)C1. The van der Waals surface area contributed by atoms with E-state index in [2.05, 4.69) is 10.00 Å². The molecular weight excluding hydrogens is 242 g/mol. The fourth-order valence-corrected chi connectivity index (χ4v) is 2.83. The molecule has 19 heavy (non-hydrogen) atoms. The van der Waals surface area contributed by atoms with E-state index < -0.39 is 0 Å². The number of amidine groups is 1. The Kier molecular flexibility index (Phi) is 4.09. The summed E-state index contributed by atoms with van der Waals surface area (Å²) in [6, 6.07) is 0. The molecule has 6 nitrogen and oxygen atoms in total. The van der Waals surface area contributed by atoms with Gasteiger partial charge in [0.15, 0.2) is 0 Å². The highest BCUT2D eigenvalue weighted by molar-refractivity contribution is 6.00. The number of hydrogen-bond donors (Lipinski definition) is 2. The van der Waals surface area contributed by atoms with Crippen molar-refractivity contribution in [1.29, 1.82) is 5.41 Å². The molecule has 1 atom stereocenters. The van der Waals surface area contributed by atoms with Crippen LogP contribution in [0.5, 0.6) is 0 Å². The third-order valence-electron chi connectivity index (χ3n) is 3.54. The van der Waals surface area contributed by atoms with Crippen molar-refractivity contribution >= 4 is 11.7 Å². The van der Waals surface area contributed by atoms with Crippen LogP contribution in [-0.2, 0) is 11.8 Å². The van der Waals surface area contributed by atoms with Crippen LogP contribution in [0.2, 0.25) is 0 Å². The van der Waals surface area contributed by atoms with Gasteiger partial charge in [0.2, 0.25) is 0 Å². The molecule has 0 radical (unpaired) electrons. The largest absolute Gasteiger partial charge is 0.384 e. The van der Waals surface area contributed by atoms with E-state index in [1.807, 2.05) is 25.6 Å². The van der Waals surface area contributed by atoms with Gasteiger partial charge in [-0.15, -0.1) is 0 Å². The van der Waals surface area contributed by atoms with Gasteiger partial charge in [-0.05, 0) is 26.7 Å². The van der Waals surface area contributed by atoms with Crippen molar-refractivity contribution in [1.82, 2.24) is 9.78 Å². The molecule has 0 spiro atoms. The van der Waals surface area contributed by atoms with Gasteiger partial charge in [0.1, 0.15) is 11.7 Å². The lowest BCUT2D eigenvalue weighted by Crippen LogP contribution is -2.41. The van der Waals surface area contributed by atoms with Crippen molar-refractivity contribution in [2.24, 2.45) is 12.8 Å². The molecule has 1 aromatic heterocycles. The number of hydrogen-bond acceptors (Lipinski definition) is 4. The predicted octanol–water partition coefficient (Wildman–Crippen LogP) is 1.02. The third kappa shape index (κ3) is 2.73. The first-order chi connectivity index (χ1) is 9.04. The lowest BCUT2D eigenvalue weighted by molar-refractivity contribution is 0.0524. The van der Waals surface area contributed by atoms with E-state index in [-0.39, 0.29) is 11.9 Å². The Bertz CT molecular complexity index is 466. The standard InChI is InChI=1S/C13H23N5O/c1-4-19-10-6-5-7-18(8-10)13-11(12(14)15)9(2)16-17(13)3/h10H,4-8H2,1-3H3,(H3,14,15). The van der Waals surface area contributed by atoms with Gasteiger partial charge >= 0.3 is 0 Å². The average Bonchev–Trinajstić information content (AvgIpc) is 2.65. The molecule has 1 aliphatic heterocycles. The minimum absolute atomic E-state index is 0.0825. The molecule has 1 fully saturated rings. The van der Waals surface area contributed by atoms with Crippen LogP contribution in [0.4, 0.5) is 5.82 Å². The van der Waals surface area contributed by atoms with Crippen LogP contribution in [0.15, 0.2) is 0 Å². The number of rotatable bonds is 4. The molecule has 3 N–H and O–H groups in total. The number of nitrogens with zero attached hydrogens (tertiary/aromatic N) is 3. The summed E-state index contributed by atoms with van der Waals surface area (Å²) < 4.78 is 7.55. The number of anilines is 1. The number of ether oxygens (including phenoxy) is 1. The van der Waals surface area contributed by atoms with E-state index >= 15 is 0 Å². The number of aryl methyl sites for hydroxylation is 2. The Morgan fingerprint density at radius 3 is 2.95 bits per heavy atom. The van der Waals surface area contributed by atoms with Crippen LogP contribution < -0.4 is 10.6 Å². The molecule has 0 aromatic carbocycles. The summed E-state index contributed by atoms with van der Waals surface area (Å²) in [6.07, 6.45) is 2.44. The van der Waals surface area contributed by atoms with Crippen molar-refractivity contribution < 1.29 is 4.74 Å². The highest BCUT2D eigenvalue weighted by atomic mass is 16.5. The van der Waals surface area contributed by atoms with Crippen LogP contribution >= 0.6 is 0 Å². The molecule has 1 aromatic rings. The maximum absolute atomic E-state index is 7.75. The van der Waals surface area contributed by atoms with E-state index in [0.29, 0.717) is 0 Å². The molecule has 2 rings (SSSR count). The number of nitrogen functional groups attached to an aromatic ring is 1. The first-order valence-corrected chi connectivity index (χ1v) is 6.79. The minimum atomic E-state index is 0.0825. The van der Waals surface area contributed by atoms with E-state index in [1.165, 1.54) is 0 Å². The van der Waals surface area contributed by atoms with Crippen LogP contribution in [0.3, 0.4) is 0 Å². The molecular formula is C13H23N5O. The van der Waals surface area contributed by atoms with E-state index in [4.69, 9.17) is 15.9 Å². The molecule has 6 heteroatoms. The highest BCUT2D eigenvalue weighted by Gasteiger charge is 2.26. The Morgan fingerprint density at radius 1 is 1.58 bits per heavy atom. The smallest absolute Gasteiger partial charge is 0.137 e. The molecule has 0 saturated carbocycles. The Hall–Kier alpha value is -1.56. The average molecular weight is 265 g/mol. The maximum atomic E-state index is 7.75. The number of nitrogens with two attached hydrogens (primary N) is 1. The number of piperidine rings is 1. The second kappa shape index (κ2) is 5.61. The van der Waals surface area contributed by atoms with Gasteiger partial charge in [0.25, 0.3) is 0 Å². The van der Waals surface area contributed by atoms with Crippen LogP contribution in [-0.4, -0.2) is 41.4 Å². The normalized spacial score (nSPS) is 19.7. The first-order valence-electron chi connectivity index (χ1n) is 6.79. The first kappa shape index (κ1) is 13.9. The van der Waals surface area contributed by atoms with Crippen LogP contribution in [0.1, 0.15) is 31.0 Å². The topological polar surface area (TPSA) is 80.2 Å². The zero-order valence-corrected chi connectivity index (χ0v) is 11.9. The van der Waals surface area contributed by atoms with Gasteiger partial charge in [0, 0.05) is 26.7 Å². The van der Waals surface area contributed by atoms with Gasteiger partial charge in [-0.1, -0.05) is 0 Å². The monoisotopic (exact) mass is 265 g/mol. The quantitative estimate of drug-likeness (QED) is 0.629. The Morgan fingerprint density at radius 2 is 2.32 bits per heavy atom. The summed E-state index contributed by atoms with van der Waals surface area (Å²) >= 11 is 0. The number of nitrogens with one attached hydrogen (secondary N) is 1. The summed E-state index contributed by atoms with van der Waals surface area (Å²) in [7, 11) is 1.90. The van der Waals surface area contributed by atoms with Gasteiger partial charge < -0.3 is 15.4 Å². The summed E-state index contributed by atoms with van der Waals surface area (Å²) in [5.41, 5.74) is 7.26. The fourth-order valence-electron chi connectivity index (χ4n) is 2.83. The molecule has 1 aliphatic rings. The van der Waals surface area contributed by atoms with Gasteiger partial charge in [-0.3, -0.25) is 10.1 Å². The van der Waals surface area contributed by atoms with Crippen molar-refractivity contribution in [3.8, 4) is 0 Å². The van der Waals surface area contributed by atoms with Crippen LogP contribution in [0.25, 0.3) is 0 Å². The highest BCUT2D eigenvalue weighted by Crippen LogP contribution is 2.26. The number of aromatic nitrogens is 2. The Labute approximate surface area is 114 Å². The molecule has 0 aliphatic carbocycles. The lowest BCUT2D eigenvalue weighted by Gasteiger charge is -2.34. The molecule has 0 amide bonds. The third-order valence-corrected chi connectivity index (χ3v) is 3.54. The zero-order valence-electron chi connectivity index (χ0n) is 11.9.